The number of aryl methyl sites for hydroxylation is 1. The molecule has 56 heavy (non-hydrogen) atoms. The number of aromatic nitrogens is 2. The number of benzene rings is 1. The van der Waals surface area contributed by atoms with Gasteiger partial charge < -0.3 is 24.7 Å². The Labute approximate surface area is 335 Å². The van der Waals surface area contributed by atoms with Gasteiger partial charge in [0.15, 0.2) is 0 Å². The number of rotatable bonds is 9. The molecule has 5 heterocycles. The third kappa shape index (κ3) is 8.14. The Balaban J connectivity index is 1.37. The van der Waals surface area contributed by atoms with Gasteiger partial charge in [-0.25, -0.2) is 5.43 Å². The SMILES string of the molecule is CNCCCn1c(-c2cccnc2[C@H](C)OC)c2c3cc(ccc31)C1N=C(C[C@H](NC(=O)C3[C@@H](C)[C@H]3C)C(=O)N3CCC[C@H](N3)C(=O)OCC(C)(C)C2)SC1C. The lowest BCUT2D eigenvalue weighted by Crippen LogP contribution is -2.60. The van der Waals surface area contributed by atoms with Crippen LogP contribution in [-0.4, -0.2) is 88.6 Å². The monoisotopic (exact) mass is 785 g/mol. The van der Waals surface area contributed by atoms with Crippen LogP contribution in [0, 0.1) is 23.2 Å². The Hall–Kier alpha value is -3.78. The number of esters is 1. The van der Waals surface area contributed by atoms with E-state index in [0.29, 0.717) is 25.8 Å². The minimum Gasteiger partial charge on any atom is -0.464 e. The number of nitrogens with zero attached hydrogens (tertiary/aromatic N) is 4. The summed E-state index contributed by atoms with van der Waals surface area (Å²) in [6.45, 7) is 14.9. The number of fused-ring (bicyclic) bond motifs is 5. The number of cyclic esters (lactones) is 1. The van der Waals surface area contributed by atoms with Gasteiger partial charge in [0, 0.05) is 65.9 Å². The first-order chi connectivity index (χ1) is 26.8. The van der Waals surface area contributed by atoms with Gasteiger partial charge >= 0.3 is 5.97 Å². The van der Waals surface area contributed by atoms with Gasteiger partial charge in [0.1, 0.15) is 12.1 Å². The second-order valence-electron chi connectivity index (χ2n) is 17.1. The molecule has 3 unspecified atom stereocenters. The van der Waals surface area contributed by atoms with Gasteiger partial charge in [-0.15, -0.1) is 11.8 Å². The van der Waals surface area contributed by atoms with Crippen molar-refractivity contribution in [1.29, 1.82) is 0 Å². The predicted octanol–water partition coefficient (Wildman–Crippen LogP) is 5.99. The zero-order valence-electron chi connectivity index (χ0n) is 34.2. The van der Waals surface area contributed by atoms with Gasteiger partial charge in [-0.05, 0) is 93.4 Å². The van der Waals surface area contributed by atoms with E-state index in [1.165, 1.54) is 10.6 Å². The number of methoxy groups -OCH3 is 1. The number of ether oxygens (including phenoxy) is 2. The van der Waals surface area contributed by atoms with E-state index in [-0.39, 0.29) is 66.0 Å². The Bertz CT molecular complexity index is 1990. The first-order valence-electron chi connectivity index (χ1n) is 20.4. The predicted molar refractivity (Wildman–Crippen MR) is 221 cm³/mol. The summed E-state index contributed by atoms with van der Waals surface area (Å²) in [5, 5.41) is 10.0. The molecular formula is C43H59N7O5S. The summed E-state index contributed by atoms with van der Waals surface area (Å²) in [4.78, 5) is 51.6. The van der Waals surface area contributed by atoms with E-state index in [0.717, 1.165) is 58.0 Å². The molecule has 3 aliphatic heterocycles. The molecule has 0 radical (unpaired) electrons. The lowest BCUT2D eigenvalue weighted by Gasteiger charge is -2.35. The van der Waals surface area contributed by atoms with Crippen molar-refractivity contribution in [1.82, 2.24) is 30.6 Å². The smallest absolute Gasteiger partial charge is 0.324 e. The summed E-state index contributed by atoms with van der Waals surface area (Å²) < 4.78 is 14.4. The molecule has 2 fully saturated rings. The average molecular weight is 786 g/mol. The fourth-order valence-corrected chi connectivity index (χ4v) is 10.0. The summed E-state index contributed by atoms with van der Waals surface area (Å²) in [5.74, 6) is -0.305. The molecule has 2 aromatic heterocycles. The summed E-state index contributed by atoms with van der Waals surface area (Å²) >= 11 is 1.67. The molecular weight excluding hydrogens is 727 g/mol. The molecule has 3 aromatic rings. The highest BCUT2D eigenvalue weighted by Gasteiger charge is 2.49. The van der Waals surface area contributed by atoms with E-state index in [2.05, 4.69) is 79.5 Å². The molecule has 1 saturated carbocycles. The van der Waals surface area contributed by atoms with Crippen LogP contribution in [0.2, 0.25) is 0 Å². The van der Waals surface area contributed by atoms with Crippen molar-refractivity contribution in [2.45, 2.75) is 110 Å². The fraction of sp³-hybridized carbons (Fsp3) is 0.605. The van der Waals surface area contributed by atoms with Crippen molar-refractivity contribution in [3.05, 3.63) is 53.3 Å². The van der Waals surface area contributed by atoms with Crippen LogP contribution >= 0.6 is 11.8 Å². The lowest BCUT2D eigenvalue weighted by atomic mass is 9.84. The standard InChI is InChI=1S/C43H59N7O5S/c1-24-25(2)36(24)40(51)46-33-21-35-47-38(27(4)56-35)28-14-15-34-30(20-28)31(22-43(5,6)23-55-42(53)32-13-10-19-50(48-32)41(33)52)39(49(34)18-11-16-44-7)29-12-9-17-45-37(29)26(3)54-8/h9,12,14-15,17,20,24-27,32-33,36,38,44,48H,10-11,13,16,18-19,21-23H2,1-8H3,(H,46,51)/t24-,25+,26-,27?,32-,33-,36?,38?/m0/s1. The molecule has 6 bridgehead atoms. The van der Waals surface area contributed by atoms with Crippen LogP contribution in [0.3, 0.4) is 0 Å². The Morgan fingerprint density at radius 2 is 1.96 bits per heavy atom. The van der Waals surface area contributed by atoms with Crippen LogP contribution in [0.5, 0.6) is 0 Å². The van der Waals surface area contributed by atoms with E-state index >= 15 is 0 Å². The minimum atomic E-state index is -0.814. The van der Waals surface area contributed by atoms with Crippen LogP contribution in [0.15, 0.2) is 41.5 Å². The Morgan fingerprint density at radius 3 is 2.70 bits per heavy atom. The maximum Gasteiger partial charge on any atom is 0.324 e. The minimum absolute atomic E-state index is 0.0985. The van der Waals surface area contributed by atoms with E-state index in [9.17, 15) is 14.4 Å². The first kappa shape index (κ1) is 40.4. The number of aliphatic imine (C=N–C) groups is 1. The highest BCUT2D eigenvalue weighted by Crippen LogP contribution is 2.46. The molecule has 7 rings (SSSR count). The third-order valence-corrected chi connectivity index (χ3v) is 13.5. The van der Waals surface area contributed by atoms with Gasteiger partial charge in [0.25, 0.3) is 5.91 Å². The number of amides is 2. The van der Waals surface area contributed by atoms with Crippen LogP contribution in [0.1, 0.15) is 96.2 Å². The van der Waals surface area contributed by atoms with Gasteiger partial charge in [0.2, 0.25) is 5.91 Å². The number of hydrogen-bond acceptors (Lipinski definition) is 10. The second kappa shape index (κ2) is 16.6. The van der Waals surface area contributed by atoms with E-state index in [1.807, 2.05) is 26.2 Å². The number of thioether (sulfide) groups is 1. The molecule has 0 spiro atoms. The van der Waals surface area contributed by atoms with Crippen LogP contribution in [-0.2, 0) is 36.8 Å². The maximum atomic E-state index is 14.2. The largest absolute Gasteiger partial charge is 0.464 e. The topological polar surface area (TPSA) is 139 Å². The highest BCUT2D eigenvalue weighted by molar-refractivity contribution is 8.14. The summed E-state index contributed by atoms with van der Waals surface area (Å²) in [6, 6.07) is 9.24. The molecule has 4 aliphatic rings. The molecule has 1 saturated heterocycles. The van der Waals surface area contributed by atoms with Crippen LogP contribution in [0.4, 0.5) is 0 Å². The zero-order chi connectivity index (χ0) is 39.9. The summed E-state index contributed by atoms with van der Waals surface area (Å²) in [7, 11) is 3.69. The fourth-order valence-electron chi connectivity index (χ4n) is 8.81. The molecule has 1 aromatic carbocycles. The quantitative estimate of drug-likeness (QED) is 0.176. The van der Waals surface area contributed by atoms with Crippen LogP contribution < -0.4 is 16.1 Å². The van der Waals surface area contributed by atoms with Gasteiger partial charge in [-0.2, -0.15) is 0 Å². The van der Waals surface area contributed by atoms with Crippen molar-refractivity contribution in [3.63, 3.8) is 0 Å². The highest BCUT2D eigenvalue weighted by atomic mass is 32.2. The molecule has 2 amide bonds. The summed E-state index contributed by atoms with van der Waals surface area (Å²) in [5.41, 5.74) is 9.14. The Morgan fingerprint density at radius 1 is 1.18 bits per heavy atom. The van der Waals surface area contributed by atoms with E-state index in [1.54, 1.807) is 18.9 Å². The normalized spacial score (nSPS) is 28.4. The van der Waals surface area contributed by atoms with Crippen LogP contribution in [0.25, 0.3) is 22.2 Å². The number of carbonyl (C=O) groups is 3. The number of pyridine rings is 1. The molecule has 1 aliphatic carbocycles. The Kier molecular flexibility index (Phi) is 12.0. The first-order valence-corrected chi connectivity index (χ1v) is 21.3. The molecule has 13 heteroatoms. The summed E-state index contributed by atoms with van der Waals surface area (Å²) in [6.07, 6.45) is 4.63. The average Bonchev–Trinajstić information content (AvgIpc) is 3.47. The number of hydrogen-bond donors (Lipinski definition) is 3. The molecule has 8 atom stereocenters. The van der Waals surface area contributed by atoms with Crippen molar-refractivity contribution in [2.75, 3.05) is 33.9 Å². The van der Waals surface area contributed by atoms with Gasteiger partial charge in [0.05, 0.1) is 35.2 Å². The number of nitrogens with one attached hydrogen (secondary N) is 3. The van der Waals surface area contributed by atoms with Crippen molar-refractivity contribution in [3.8, 4) is 11.3 Å². The maximum absolute atomic E-state index is 14.2. The van der Waals surface area contributed by atoms with Crippen molar-refractivity contribution >= 4 is 45.5 Å². The van der Waals surface area contributed by atoms with E-state index in [4.69, 9.17) is 19.5 Å². The van der Waals surface area contributed by atoms with E-state index < -0.39 is 17.5 Å². The van der Waals surface area contributed by atoms with Crippen molar-refractivity contribution in [2.24, 2.45) is 28.2 Å². The second-order valence-corrected chi connectivity index (χ2v) is 18.5. The number of hydrazine groups is 1. The zero-order valence-corrected chi connectivity index (χ0v) is 35.0. The van der Waals surface area contributed by atoms with Gasteiger partial charge in [-0.3, -0.25) is 29.4 Å². The lowest BCUT2D eigenvalue weighted by molar-refractivity contribution is -0.155. The molecule has 3 N–H and O–H groups in total. The molecule has 12 nitrogen and oxygen atoms in total. The third-order valence-electron chi connectivity index (χ3n) is 12.3. The molecule has 302 valence electrons. The van der Waals surface area contributed by atoms with Crippen molar-refractivity contribution < 1.29 is 23.9 Å². The van der Waals surface area contributed by atoms with Gasteiger partial charge in [-0.1, -0.05) is 40.7 Å². The number of carbonyl (C=O) groups excluding carboxylic acids is 3.